The SMILES string of the molecule is N#CCN(CC#N)C(=O)c1cccc(S)c1. The van der Waals surface area contributed by atoms with E-state index in [2.05, 4.69) is 12.6 Å². The van der Waals surface area contributed by atoms with Crippen LogP contribution in [0.1, 0.15) is 10.4 Å². The van der Waals surface area contributed by atoms with Crippen LogP contribution in [0.2, 0.25) is 0 Å². The maximum Gasteiger partial charge on any atom is 0.255 e. The molecule has 16 heavy (non-hydrogen) atoms. The number of rotatable bonds is 3. The van der Waals surface area contributed by atoms with E-state index in [0.29, 0.717) is 10.5 Å². The number of nitrogens with zero attached hydrogens (tertiary/aromatic N) is 3. The number of amides is 1. The van der Waals surface area contributed by atoms with Crippen LogP contribution in [0.15, 0.2) is 29.2 Å². The molecule has 0 atom stereocenters. The van der Waals surface area contributed by atoms with E-state index in [0.717, 1.165) is 0 Å². The second-order valence-electron chi connectivity index (χ2n) is 3.03. The van der Waals surface area contributed by atoms with Crippen molar-refractivity contribution in [2.24, 2.45) is 0 Å². The summed E-state index contributed by atoms with van der Waals surface area (Å²) < 4.78 is 0. The normalized spacial score (nSPS) is 8.94. The average molecular weight is 231 g/mol. The molecule has 0 aliphatic heterocycles. The van der Waals surface area contributed by atoms with Gasteiger partial charge in [0.15, 0.2) is 0 Å². The van der Waals surface area contributed by atoms with Gasteiger partial charge in [-0.05, 0) is 18.2 Å². The van der Waals surface area contributed by atoms with Gasteiger partial charge in [0.2, 0.25) is 0 Å². The zero-order valence-corrected chi connectivity index (χ0v) is 9.32. The predicted octanol–water partition coefficient (Wildman–Crippen LogP) is 1.46. The summed E-state index contributed by atoms with van der Waals surface area (Å²) >= 11 is 4.12. The highest BCUT2D eigenvalue weighted by Gasteiger charge is 2.14. The Morgan fingerprint density at radius 1 is 1.31 bits per heavy atom. The minimum atomic E-state index is -0.334. The maximum absolute atomic E-state index is 11.9. The van der Waals surface area contributed by atoms with Crippen molar-refractivity contribution in [1.29, 1.82) is 10.5 Å². The van der Waals surface area contributed by atoms with E-state index in [4.69, 9.17) is 10.5 Å². The lowest BCUT2D eigenvalue weighted by Gasteiger charge is -2.15. The van der Waals surface area contributed by atoms with Gasteiger partial charge < -0.3 is 4.90 Å². The first-order valence-electron chi connectivity index (χ1n) is 4.51. The Morgan fingerprint density at radius 2 is 1.94 bits per heavy atom. The Bertz CT molecular complexity index is 457. The van der Waals surface area contributed by atoms with E-state index in [1.165, 1.54) is 4.90 Å². The summed E-state index contributed by atoms with van der Waals surface area (Å²) in [6.45, 7) is -0.188. The van der Waals surface area contributed by atoms with Gasteiger partial charge in [0.05, 0.1) is 12.1 Å². The minimum Gasteiger partial charge on any atom is -0.312 e. The van der Waals surface area contributed by atoms with Gasteiger partial charge in [0.1, 0.15) is 13.1 Å². The molecule has 0 aliphatic carbocycles. The van der Waals surface area contributed by atoms with Crippen LogP contribution in [0.25, 0.3) is 0 Å². The van der Waals surface area contributed by atoms with Gasteiger partial charge in [-0.1, -0.05) is 6.07 Å². The van der Waals surface area contributed by atoms with Crippen molar-refractivity contribution in [2.75, 3.05) is 13.1 Å². The molecule has 0 saturated carbocycles. The molecule has 4 nitrogen and oxygen atoms in total. The third kappa shape index (κ3) is 3.01. The molecule has 1 aromatic carbocycles. The Labute approximate surface area is 99.1 Å². The highest BCUT2D eigenvalue weighted by molar-refractivity contribution is 7.80. The molecule has 1 amide bonds. The van der Waals surface area contributed by atoms with Crippen LogP contribution >= 0.6 is 12.6 Å². The summed E-state index contributed by atoms with van der Waals surface area (Å²) in [7, 11) is 0. The lowest BCUT2D eigenvalue weighted by atomic mass is 10.2. The van der Waals surface area contributed by atoms with Gasteiger partial charge in [-0.3, -0.25) is 4.79 Å². The van der Waals surface area contributed by atoms with Crippen molar-refractivity contribution in [3.05, 3.63) is 29.8 Å². The van der Waals surface area contributed by atoms with E-state index in [1.54, 1.807) is 24.3 Å². The van der Waals surface area contributed by atoms with Crippen LogP contribution in [-0.2, 0) is 0 Å². The topological polar surface area (TPSA) is 67.9 Å². The van der Waals surface area contributed by atoms with Gasteiger partial charge in [-0.25, -0.2) is 0 Å². The Kier molecular flexibility index (Phi) is 4.38. The highest BCUT2D eigenvalue weighted by atomic mass is 32.1. The zero-order valence-electron chi connectivity index (χ0n) is 8.42. The standard InChI is InChI=1S/C11H9N3OS/c12-4-6-14(7-5-13)11(15)9-2-1-3-10(16)8-9/h1-3,8,16H,6-7H2. The average Bonchev–Trinajstić information content (AvgIpc) is 2.28. The number of hydrogen-bond donors (Lipinski definition) is 1. The van der Waals surface area contributed by atoms with Crippen LogP contribution in [0, 0.1) is 22.7 Å². The van der Waals surface area contributed by atoms with Crippen molar-refractivity contribution >= 4 is 18.5 Å². The second-order valence-corrected chi connectivity index (χ2v) is 3.54. The summed E-state index contributed by atoms with van der Waals surface area (Å²) in [6, 6.07) is 10.4. The molecule has 0 aromatic heterocycles. The summed E-state index contributed by atoms with van der Waals surface area (Å²) in [5.41, 5.74) is 0.429. The number of hydrogen-bond acceptors (Lipinski definition) is 4. The highest BCUT2D eigenvalue weighted by Crippen LogP contribution is 2.11. The van der Waals surface area contributed by atoms with Crippen LogP contribution in [0.4, 0.5) is 0 Å². The molecule has 5 heteroatoms. The fourth-order valence-corrected chi connectivity index (χ4v) is 1.42. The molecule has 80 valence electrons. The second kappa shape index (κ2) is 5.79. The molecular weight excluding hydrogens is 222 g/mol. The molecule has 0 fully saturated rings. The van der Waals surface area contributed by atoms with Gasteiger partial charge in [0.25, 0.3) is 5.91 Å². The van der Waals surface area contributed by atoms with E-state index >= 15 is 0 Å². The lowest BCUT2D eigenvalue weighted by Crippen LogP contribution is -2.31. The third-order valence-electron chi connectivity index (χ3n) is 1.90. The summed E-state index contributed by atoms with van der Waals surface area (Å²) in [4.78, 5) is 13.7. The quantitative estimate of drug-likeness (QED) is 0.632. The molecule has 0 radical (unpaired) electrons. The van der Waals surface area contributed by atoms with E-state index < -0.39 is 0 Å². The molecule has 0 saturated heterocycles. The third-order valence-corrected chi connectivity index (χ3v) is 2.18. The summed E-state index contributed by atoms with van der Waals surface area (Å²) in [5, 5.41) is 17.1. The van der Waals surface area contributed by atoms with Gasteiger partial charge in [-0.15, -0.1) is 12.6 Å². The fourth-order valence-electron chi connectivity index (χ4n) is 1.19. The predicted molar refractivity (Wildman–Crippen MR) is 60.8 cm³/mol. The molecule has 0 aliphatic rings. The first-order chi connectivity index (χ1) is 7.69. The van der Waals surface area contributed by atoms with Crippen LogP contribution in [-0.4, -0.2) is 23.9 Å². The van der Waals surface area contributed by atoms with Crippen molar-refractivity contribution < 1.29 is 4.79 Å². The molecule has 0 unspecified atom stereocenters. The number of thiol groups is 1. The molecular formula is C11H9N3OS. The van der Waals surface area contributed by atoms with Crippen molar-refractivity contribution in [1.82, 2.24) is 4.90 Å². The van der Waals surface area contributed by atoms with Crippen molar-refractivity contribution in [3.8, 4) is 12.1 Å². The Hall–Kier alpha value is -1.98. The monoisotopic (exact) mass is 231 g/mol. The Morgan fingerprint density at radius 3 is 2.44 bits per heavy atom. The molecule has 0 bridgehead atoms. The van der Waals surface area contributed by atoms with Crippen molar-refractivity contribution in [2.45, 2.75) is 4.90 Å². The number of nitriles is 2. The Balaban J connectivity index is 2.91. The minimum absolute atomic E-state index is 0.0941. The van der Waals surface area contributed by atoms with E-state index in [-0.39, 0.29) is 19.0 Å². The number of benzene rings is 1. The zero-order chi connectivity index (χ0) is 12.0. The van der Waals surface area contributed by atoms with Gasteiger partial charge >= 0.3 is 0 Å². The van der Waals surface area contributed by atoms with Crippen molar-refractivity contribution in [3.63, 3.8) is 0 Å². The largest absolute Gasteiger partial charge is 0.312 e. The van der Waals surface area contributed by atoms with Gasteiger partial charge in [-0.2, -0.15) is 10.5 Å². The molecule has 1 aromatic rings. The van der Waals surface area contributed by atoms with Gasteiger partial charge in [0, 0.05) is 10.5 Å². The van der Waals surface area contributed by atoms with Crippen LogP contribution in [0.5, 0.6) is 0 Å². The van der Waals surface area contributed by atoms with Crippen LogP contribution < -0.4 is 0 Å². The molecule has 0 heterocycles. The summed E-state index contributed by atoms with van der Waals surface area (Å²) in [5.74, 6) is -0.334. The lowest BCUT2D eigenvalue weighted by molar-refractivity contribution is 0.0794. The first-order valence-corrected chi connectivity index (χ1v) is 4.96. The maximum atomic E-state index is 11.9. The smallest absolute Gasteiger partial charge is 0.255 e. The number of carbonyl (C=O) groups is 1. The fraction of sp³-hybridized carbons (Fsp3) is 0.182. The number of carbonyl (C=O) groups excluding carboxylic acids is 1. The first kappa shape index (κ1) is 12.1. The molecule has 0 N–H and O–H groups in total. The van der Waals surface area contributed by atoms with Crippen LogP contribution in [0.3, 0.4) is 0 Å². The summed E-state index contributed by atoms with van der Waals surface area (Å²) in [6.07, 6.45) is 0. The molecule has 1 rings (SSSR count). The van der Waals surface area contributed by atoms with E-state index in [1.807, 2.05) is 12.1 Å². The molecule has 0 spiro atoms. The van der Waals surface area contributed by atoms with E-state index in [9.17, 15) is 4.79 Å².